The zero-order valence-electron chi connectivity index (χ0n) is 12.5. The van der Waals surface area contributed by atoms with Crippen molar-refractivity contribution in [2.75, 3.05) is 0 Å². The summed E-state index contributed by atoms with van der Waals surface area (Å²) in [5, 5.41) is 20.1. The van der Waals surface area contributed by atoms with Crippen LogP contribution in [0, 0.1) is 17.0 Å². The summed E-state index contributed by atoms with van der Waals surface area (Å²) in [6.45, 7) is 3.09. The molecular formula is C15H18N2O5. The molecule has 1 N–H and O–H groups in total. The molecule has 1 aromatic carbocycles. The second kappa shape index (κ2) is 6.13. The number of hydrogen-bond acceptors (Lipinski definition) is 4. The molecule has 0 heterocycles. The summed E-state index contributed by atoms with van der Waals surface area (Å²) in [6.07, 6.45) is 1.58. The van der Waals surface area contributed by atoms with E-state index in [1.807, 2.05) is 0 Å². The minimum atomic E-state index is -1.05. The lowest BCUT2D eigenvalue weighted by molar-refractivity contribution is -0.385. The Morgan fingerprint density at radius 1 is 1.45 bits per heavy atom. The van der Waals surface area contributed by atoms with Gasteiger partial charge < -0.3 is 10.0 Å². The van der Waals surface area contributed by atoms with E-state index in [0.29, 0.717) is 11.1 Å². The molecule has 0 aromatic heterocycles. The number of carbonyl (C=O) groups excluding carboxylic acids is 1. The molecule has 2 rings (SSSR count). The molecule has 7 nitrogen and oxygen atoms in total. The van der Waals surface area contributed by atoms with E-state index in [2.05, 4.69) is 0 Å². The molecule has 1 aliphatic carbocycles. The van der Waals surface area contributed by atoms with Crippen LogP contribution in [0.2, 0.25) is 0 Å². The van der Waals surface area contributed by atoms with E-state index in [0.717, 1.165) is 12.8 Å². The number of carboxylic acids is 1. The predicted octanol–water partition coefficient (Wildman–Crippen LogP) is 1.91. The lowest BCUT2D eigenvalue weighted by Crippen LogP contribution is -2.45. The standard InChI is InChI=1S/C15H18N2O5/c1-9-11(4-3-5-13(9)17(21)22)8-14(18)16(12-6-7-12)10(2)15(19)20/h3-5,10,12H,6-8H2,1-2H3,(H,19,20). The van der Waals surface area contributed by atoms with E-state index >= 15 is 0 Å². The number of carboxylic acid groups (broad SMARTS) is 1. The smallest absolute Gasteiger partial charge is 0.326 e. The number of nitrogens with zero attached hydrogens (tertiary/aromatic N) is 2. The van der Waals surface area contributed by atoms with Crippen LogP contribution in [0.15, 0.2) is 18.2 Å². The summed E-state index contributed by atoms with van der Waals surface area (Å²) in [5.74, 6) is -1.35. The molecule has 1 atom stereocenters. The third-order valence-electron chi connectivity index (χ3n) is 3.96. The highest BCUT2D eigenvalue weighted by atomic mass is 16.6. The van der Waals surface area contributed by atoms with Crippen LogP contribution >= 0.6 is 0 Å². The predicted molar refractivity (Wildman–Crippen MR) is 78.5 cm³/mol. The van der Waals surface area contributed by atoms with Gasteiger partial charge in [-0.3, -0.25) is 14.9 Å². The van der Waals surface area contributed by atoms with Crippen LogP contribution in [0.4, 0.5) is 5.69 Å². The number of nitro groups is 1. The van der Waals surface area contributed by atoms with Gasteiger partial charge in [-0.2, -0.15) is 0 Å². The molecule has 1 amide bonds. The minimum absolute atomic E-state index is 0.0262. The first-order valence-corrected chi connectivity index (χ1v) is 7.09. The van der Waals surface area contributed by atoms with Crippen molar-refractivity contribution in [2.24, 2.45) is 0 Å². The molecule has 1 unspecified atom stereocenters. The van der Waals surface area contributed by atoms with Gasteiger partial charge in [-0.15, -0.1) is 0 Å². The van der Waals surface area contributed by atoms with E-state index in [4.69, 9.17) is 5.11 Å². The second-order valence-corrected chi connectivity index (χ2v) is 5.54. The Morgan fingerprint density at radius 2 is 2.09 bits per heavy atom. The van der Waals surface area contributed by atoms with Crippen LogP contribution in [-0.4, -0.2) is 38.9 Å². The first kappa shape index (κ1) is 15.9. The number of nitro benzene ring substituents is 1. The second-order valence-electron chi connectivity index (χ2n) is 5.54. The first-order valence-electron chi connectivity index (χ1n) is 7.09. The van der Waals surface area contributed by atoms with Crippen molar-refractivity contribution in [1.82, 2.24) is 4.90 Å². The van der Waals surface area contributed by atoms with E-state index in [9.17, 15) is 19.7 Å². The molecule has 0 bridgehead atoms. The van der Waals surface area contributed by atoms with E-state index in [1.54, 1.807) is 13.0 Å². The topological polar surface area (TPSA) is 101 Å². The summed E-state index contributed by atoms with van der Waals surface area (Å²) < 4.78 is 0. The van der Waals surface area contributed by atoms with Crippen LogP contribution in [0.25, 0.3) is 0 Å². The van der Waals surface area contributed by atoms with Crippen LogP contribution in [0.3, 0.4) is 0 Å². The van der Waals surface area contributed by atoms with E-state index in [1.165, 1.54) is 24.0 Å². The summed E-state index contributed by atoms with van der Waals surface area (Å²) in [4.78, 5) is 35.5. The molecule has 118 valence electrons. The van der Waals surface area contributed by atoms with E-state index in [-0.39, 0.29) is 24.1 Å². The van der Waals surface area contributed by atoms with Gasteiger partial charge in [0, 0.05) is 17.7 Å². The van der Waals surface area contributed by atoms with Gasteiger partial charge in [-0.25, -0.2) is 4.79 Å². The fraction of sp³-hybridized carbons (Fsp3) is 0.467. The van der Waals surface area contributed by atoms with Gasteiger partial charge in [0.1, 0.15) is 6.04 Å². The molecule has 1 aliphatic rings. The minimum Gasteiger partial charge on any atom is -0.480 e. The maximum atomic E-state index is 12.5. The Balaban J connectivity index is 2.22. The fourth-order valence-electron chi connectivity index (χ4n) is 2.52. The molecule has 22 heavy (non-hydrogen) atoms. The summed E-state index contributed by atoms with van der Waals surface area (Å²) in [7, 11) is 0. The maximum Gasteiger partial charge on any atom is 0.326 e. The summed E-state index contributed by atoms with van der Waals surface area (Å²) in [6, 6.07) is 3.67. The van der Waals surface area contributed by atoms with Crippen LogP contribution in [0.1, 0.15) is 30.9 Å². The molecule has 0 aliphatic heterocycles. The van der Waals surface area contributed by atoms with Gasteiger partial charge in [-0.1, -0.05) is 12.1 Å². The van der Waals surface area contributed by atoms with Crippen LogP contribution in [-0.2, 0) is 16.0 Å². The van der Waals surface area contributed by atoms with Crippen molar-refractivity contribution in [3.05, 3.63) is 39.4 Å². The molecule has 1 aromatic rings. The average molecular weight is 306 g/mol. The van der Waals surface area contributed by atoms with Crippen molar-refractivity contribution >= 4 is 17.6 Å². The highest BCUT2D eigenvalue weighted by Gasteiger charge is 2.38. The number of benzene rings is 1. The van der Waals surface area contributed by atoms with E-state index < -0.39 is 16.9 Å². The largest absolute Gasteiger partial charge is 0.480 e. The van der Waals surface area contributed by atoms with Gasteiger partial charge in [0.15, 0.2) is 0 Å². The van der Waals surface area contributed by atoms with Gasteiger partial charge in [0.2, 0.25) is 5.91 Å². The molecule has 1 fully saturated rings. The molecule has 1 saturated carbocycles. The number of carbonyl (C=O) groups is 2. The van der Waals surface area contributed by atoms with Crippen molar-refractivity contribution < 1.29 is 19.6 Å². The monoisotopic (exact) mass is 306 g/mol. The number of rotatable bonds is 6. The number of amides is 1. The highest BCUT2D eigenvalue weighted by Crippen LogP contribution is 2.30. The number of hydrogen-bond donors (Lipinski definition) is 1. The number of aliphatic carboxylic acids is 1. The normalized spacial score (nSPS) is 15.2. The van der Waals surface area contributed by atoms with Gasteiger partial charge >= 0.3 is 5.97 Å². The molecule has 0 radical (unpaired) electrons. The third-order valence-corrected chi connectivity index (χ3v) is 3.96. The lowest BCUT2D eigenvalue weighted by atomic mass is 10.0. The Hall–Kier alpha value is -2.44. The SMILES string of the molecule is Cc1c(CC(=O)N(C2CC2)C(C)C(=O)O)cccc1[N+](=O)[O-]. The quantitative estimate of drug-likeness (QED) is 0.639. The Labute approximate surface area is 127 Å². The zero-order valence-corrected chi connectivity index (χ0v) is 12.5. The summed E-state index contributed by atoms with van der Waals surface area (Å²) in [5.41, 5.74) is 0.969. The Morgan fingerprint density at radius 3 is 2.59 bits per heavy atom. The van der Waals surface area contributed by atoms with Crippen molar-refractivity contribution in [3.63, 3.8) is 0 Å². The first-order chi connectivity index (χ1) is 10.3. The Bertz CT molecular complexity index is 624. The molecule has 7 heteroatoms. The molecule has 0 saturated heterocycles. The molecular weight excluding hydrogens is 288 g/mol. The third kappa shape index (κ3) is 3.24. The van der Waals surface area contributed by atoms with Crippen LogP contribution in [0.5, 0.6) is 0 Å². The fourth-order valence-corrected chi connectivity index (χ4v) is 2.52. The van der Waals surface area contributed by atoms with Crippen molar-refractivity contribution in [1.29, 1.82) is 0 Å². The van der Waals surface area contributed by atoms with Crippen LogP contribution < -0.4 is 0 Å². The molecule has 0 spiro atoms. The van der Waals surface area contributed by atoms with Crippen molar-refractivity contribution in [3.8, 4) is 0 Å². The average Bonchev–Trinajstić information content (AvgIpc) is 3.25. The zero-order chi connectivity index (χ0) is 16.4. The highest BCUT2D eigenvalue weighted by molar-refractivity contribution is 5.85. The van der Waals surface area contributed by atoms with Gasteiger partial charge in [-0.05, 0) is 32.3 Å². The van der Waals surface area contributed by atoms with Gasteiger partial charge in [0.05, 0.1) is 11.3 Å². The Kier molecular flexibility index (Phi) is 4.44. The van der Waals surface area contributed by atoms with Crippen molar-refractivity contribution in [2.45, 2.75) is 45.2 Å². The van der Waals surface area contributed by atoms with Gasteiger partial charge in [0.25, 0.3) is 5.69 Å². The summed E-state index contributed by atoms with van der Waals surface area (Å²) >= 11 is 0. The lowest BCUT2D eigenvalue weighted by Gasteiger charge is -2.26. The maximum absolute atomic E-state index is 12.5.